The van der Waals surface area contributed by atoms with Crippen molar-refractivity contribution < 1.29 is 0 Å². The van der Waals surface area contributed by atoms with E-state index < -0.39 is 0 Å². The highest BCUT2D eigenvalue weighted by molar-refractivity contribution is 7.06. The summed E-state index contributed by atoms with van der Waals surface area (Å²) < 4.78 is 0. The zero-order chi connectivity index (χ0) is 32.8. The van der Waals surface area contributed by atoms with Gasteiger partial charge in [-0.1, -0.05) is 229 Å². The number of benzene rings is 7. The average Bonchev–Trinajstić information content (AvgIpc) is 3.34. The summed E-state index contributed by atoms with van der Waals surface area (Å²) in [6.45, 7) is -0.101. The van der Waals surface area contributed by atoms with E-state index in [9.17, 15) is 0 Å². The van der Waals surface area contributed by atoms with Gasteiger partial charge in [0.05, 0.1) is 0 Å². The SMILES string of the molecule is c1ccc(B2C(c3ccccc3)=C(c3ccccc3)C(c3ccccc3)=C(c3ccccc3)C(c3ccccc3)=C2c2ccccc2)cc1. The highest BCUT2D eigenvalue weighted by atomic mass is 14.3. The Kier molecular flexibility index (Phi) is 8.56. The molecule has 1 heterocycles. The van der Waals surface area contributed by atoms with Crippen LogP contribution in [0.4, 0.5) is 0 Å². The van der Waals surface area contributed by atoms with Crippen LogP contribution in [-0.4, -0.2) is 6.71 Å². The lowest BCUT2D eigenvalue weighted by Gasteiger charge is -2.26. The largest absolute Gasteiger partial charge is 0.244 e. The summed E-state index contributed by atoms with van der Waals surface area (Å²) in [7, 11) is 0. The van der Waals surface area contributed by atoms with Crippen molar-refractivity contribution in [3.8, 4) is 0 Å². The van der Waals surface area contributed by atoms with Crippen LogP contribution < -0.4 is 5.46 Å². The molecule has 1 aliphatic rings. The Morgan fingerprint density at radius 2 is 0.429 bits per heavy atom. The summed E-state index contributed by atoms with van der Waals surface area (Å²) in [5.41, 5.74) is 15.9. The highest BCUT2D eigenvalue weighted by Crippen LogP contribution is 2.53. The molecule has 1 heteroatoms. The monoisotopic (exact) mass is 622 g/mol. The van der Waals surface area contributed by atoms with Crippen LogP contribution in [0.1, 0.15) is 33.4 Å². The highest BCUT2D eigenvalue weighted by Gasteiger charge is 2.39. The summed E-state index contributed by atoms with van der Waals surface area (Å²) in [4.78, 5) is 0. The van der Waals surface area contributed by atoms with Crippen molar-refractivity contribution in [2.75, 3.05) is 0 Å². The predicted molar refractivity (Wildman–Crippen MR) is 211 cm³/mol. The van der Waals surface area contributed by atoms with Crippen LogP contribution in [0.2, 0.25) is 0 Å². The van der Waals surface area contributed by atoms with Gasteiger partial charge in [-0.3, -0.25) is 0 Å². The van der Waals surface area contributed by atoms with Crippen molar-refractivity contribution >= 4 is 45.4 Å². The molecule has 0 spiro atoms. The molecule has 49 heavy (non-hydrogen) atoms. The van der Waals surface area contributed by atoms with E-state index in [0.717, 1.165) is 0 Å². The Morgan fingerprint density at radius 1 is 0.204 bits per heavy atom. The molecule has 7 aromatic carbocycles. The van der Waals surface area contributed by atoms with E-state index in [1.165, 1.54) is 72.1 Å². The Bertz CT molecular complexity index is 2110. The Hall–Kier alpha value is -6.18. The van der Waals surface area contributed by atoms with Crippen LogP contribution in [0.15, 0.2) is 212 Å². The van der Waals surface area contributed by atoms with Gasteiger partial charge in [0.25, 0.3) is 0 Å². The topological polar surface area (TPSA) is 0 Å². The van der Waals surface area contributed by atoms with E-state index in [1.54, 1.807) is 0 Å². The maximum atomic E-state index is 2.30. The molecule has 0 radical (unpaired) electrons. The molecular weight excluding hydrogens is 587 g/mol. The van der Waals surface area contributed by atoms with Crippen LogP contribution in [0, 0.1) is 0 Å². The number of hydrogen-bond donors (Lipinski definition) is 0. The molecule has 0 saturated heterocycles. The molecule has 0 saturated carbocycles. The molecule has 1 aliphatic heterocycles. The number of allylic oxidation sites excluding steroid dienone is 4. The van der Waals surface area contributed by atoms with Gasteiger partial charge in [0.2, 0.25) is 6.71 Å². The van der Waals surface area contributed by atoms with Crippen LogP contribution >= 0.6 is 0 Å². The molecule has 0 aromatic heterocycles. The smallest absolute Gasteiger partial charge is 0.0685 e. The van der Waals surface area contributed by atoms with Gasteiger partial charge in [-0.25, -0.2) is 0 Å². The van der Waals surface area contributed by atoms with Crippen molar-refractivity contribution in [1.82, 2.24) is 0 Å². The summed E-state index contributed by atoms with van der Waals surface area (Å²) in [5, 5.41) is 0. The first-order valence-corrected chi connectivity index (χ1v) is 17.0. The molecule has 0 nitrogen and oxygen atoms in total. The molecule has 8 rings (SSSR count). The van der Waals surface area contributed by atoms with Gasteiger partial charge in [-0.2, -0.15) is 0 Å². The molecule has 0 atom stereocenters. The maximum absolute atomic E-state index is 2.30. The number of rotatable bonds is 7. The molecule has 0 unspecified atom stereocenters. The van der Waals surface area contributed by atoms with Crippen LogP contribution in [0.3, 0.4) is 0 Å². The summed E-state index contributed by atoms with van der Waals surface area (Å²) in [6.07, 6.45) is 0. The standard InChI is InChI=1S/C48H35B/c1-8-22-36(23-9-1)43-44(37-24-10-2-11-25-37)46(39-28-14-4-15-29-39)48(41-32-18-6-19-33-41)49(42-34-20-7-21-35-42)47(40-30-16-5-17-31-40)45(43)38-26-12-3-13-27-38/h1-35H. The molecule has 0 amide bonds. The molecule has 230 valence electrons. The molecular formula is C48H35B. The third-order valence-corrected chi connectivity index (χ3v) is 9.42. The second-order valence-corrected chi connectivity index (χ2v) is 12.4. The lowest BCUT2D eigenvalue weighted by molar-refractivity contribution is 1.55. The van der Waals surface area contributed by atoms with Gasteiger partial charge >= 0.3 is 0 Å². The molecule has 0 fully saturated rings. The van der Waals surface area contributed by atoms with Crippen molar-refractivity contribution in [2.24, 2.45) is 0 Å². The minimum Gasteiger partial charge on any atom is -0.0685 e. The summed E-state index contributed by atoms with van der Waals surface area (Å²) in [5.74, 6) is 0. The van der Waals surface area contributed by atoms with Crippen LogP contribution in [-0.2, 0) is 0 Å². The van der Waals surface area contributed by atoms with E-state index >= 15 is 0 Å². The number of hydrogen-bond acceptors (Lipinski definition) is 0. The third kappa shape index (κ3) is 5.92. The van der Waals surface area contributed by atoms with E-state index in [4.69, 9.17) is 0 Å². The Labute approximate surface area is 290 Å². The van der Waals surface area contributed by atoms with Gasteiger partial charge in [0, 0.05) is 0 Å². The lowest BCUT2D eigenvalue weighted by atomic mass is 9.32. The Morgan fingerprint density at radius 3 is 0.714 bits per heavy atom. The fraction of sp³-hybridized carbons (Fsp3) is 0. The van der Waals surface area contributed by atoms with Crippen molar-refractivity contribution in [2.45, 2.75) is 0 Å². The second kappa shape index (κ2) is 13.9. The minimum atomic E-state index is -0.101. The first-order chi connectivity index (χ1) is 24.4. The average molecular weight is 623 g/mol. The summed E-state index contributed by atoms with van der Waals surface area (Å²) >= 11 is 0. The van der Waals surface area contributed by atoms with Gasteiger partial charge in [0.1, 0.15) is 0 Å². The van der Waals surface area contributed by atoms with E-state index in [-0.39, 0.29) is 6.71 Å². The second-order valence-electron chi connectivity index (χ2n) is 12.4. The molecule has 0 aliphatic carbocycles. The van der Waals surface area contributed by atoms with Crippen molar-refractivity contribution in [3.05, 3.63) is 246 Å². The van der Waals surface area contributed by atoms with Gasteiger partial charge < -0.3 is 0 Å². The fourth-order valence-corrected chi connectivity index (χ4v) is 7.38. The Balaban J connectivity index is 1.70. The van der Waals surface area contributed by atoms with Crippen LogP contribution in [0.25, 0.3) is 33.2 Å². The van der Waals surface area contributed by atoms with Gasteiger partial charge in [0.15, 0.2) is 0 Å². The van der Waals surface area contributed by atoms with Crippen molar-refractivity contribution in [1.29, 1.82) is 0 Å². The van der Waals surface area contributed by atoms with E-state index in [2.05, 4.69) is 212 Å². The minimum absolute atomic E-state index is 0.101. The molecule has 0 bridgehead atoms. The third-order valence-electron chi connectivity index (χ3n) is 9.42. The first-order valence-electron chi connectivity index (χ1n) is 17.0. The molecule has 7 aromatic rings. The predicted octanol–water partition coefficient (Wildman–Crippen LogP) is 11.3. The van der Waals surface area contributed by atoms with E-state index in [0.29, 0.717) is 0 Å². The normalized spacial score (nSPS) is 13.4. The zero-order valence-electron chi connectivity index (χ0n) is 27.3. The zero-order valence-corrected chi connectivity index (χ0v) is 27.3. The fourth-order valence-electron chi connectivity index (χ4n) is 7.38. The molecule has 0 N–H and O–H groups in total. The van der Waals surface area contributed by atoms with Gasteiger partial charge in [-0.15, -0.1) is 0 Å². The van der Waals surface area contributed by atoms with Crippen molar-refractivity contribution in [3.63, 3.8) is 0 Å². The first kappa shape index (κ1) is 30.2. The quantitative estimate of drug-likeness (QED) is 0.155. The summed E-state index contributed by atoms with van der Waals surface area (Å²) in [6, 6.07) is 77.2. The van der Waals surface area contributed by atoms with E-state index in [1.807, 2.05) is 0 Å². The maximum Gasteiger partial charge on any atom is 0.244 e. The lowest BCUT2D eigenvalue weighted by Crippen LogP contribution is -2.34. The van der Waals surface area contributed by atoms with Gasteiger partial charge in [-0.05, 0) is 55.7 Å². The van der Waals surface area contributed by atoms with Crippen LogP contribution in [0.5, 0.6) is 0 Å².